The molecule has 74 valence electrons. The molecule has 12 heavy (non-hydrogen) atoms. The molecule has 0 heterocycles. The van der Waals surface area contributed by atoms with E-state index in [2.05, 4.69) is 13.8 Å². The zero-order valence-corrected chi connectivity index (χ0v) is 9.16. The Bertz CT molecular complexity index is 117. The van der Waals surface area contributed by atoms with Crippen molar-refractivity contribution < 1.29 is 5.11 Å². The van der Waals surface area contributed by atoms with Gasteiger partial charge < -0.3 is 10.8 Å². The second-order valence-corrected chi connectivity index (χ2v) is 5.13. The molecule has 0 aliphatic heterocycles. The van der Waals surface area contributed by atoms with Crippen LogP contribution in [0.2, 0.25) is 0 Å². The van der Waals surface area contributed by atoms with Gasteiger partial charge in [0.1, 0.15) is 0 Å². The molecular formula is C9H21NOS. The first-order chi connectivity index (χ1) is 5.52. The minimum atomic E-state index is -0.680. The molecule has 0 aliphatic carbocycles. The van der Waals surface area contributed by atoms with Crippen molar-refractivity contribution in [2.75, 3.05) is 12.3 Å². The Morgan fingerprint density at radius 3 is 2.58 bits per heavy atom. The van der Waals surface area contributed by atoms with Crippen molar-refractivity contribution in [1.82, 2.24) is 0 Å². The van der Waals surface area contributed by atoms with Crippen LogP contribution < -0.4 is 5.73 Å². The van der Waals surface area contributed by atoms with E-state index in [1.165, 1.54) is 12.2 Å². The van der Waals surface area contributed by atoms with Crippen LogP contribution in [-0.2, 0) is 0 Å². The summed E-state index contributed by atoms with van der Waals surface area (Å²) < 4.78 is 0. The SMILES string of the molecule is CCCSC(C)CC(C)(O)CN. The van der Waals surface area contributed by atoms with Crippen molar-refractivity contribution in [2.45, 2.75) is 44.5 Å². The van der Waals surface area contributed by atoms with E-state index in [1.54, 1.807) is 6.92 Å². The maximum atomic E-state index is 9.65. The number of rotatable bonds is 6. The lowest BCUT2D eigenvalue weighted by atomic mass is 10.0. The molecule has 2 atom stereocenters. The second-order valence-electron chi connectivity index (χ2n) is 3.59. The van der Waals surface area contributed by atoms with Crippen molar-refractivity contribution >= 4 is 11.8 Å². The molecule has 0 aromatic rings. The molecular weight excluding hydrogens is 170 g/mol. The van der Waals surface area contributed by atoms with Crippen LogP contribution in [0, 0.1) is 0 Å². The molecule has 0 radical (unpaired) electrons. The fraction of sp³-hybridized carbons (Fsp3) is 1.00. The molecule has 3 heteroatoms. The molecule has 0 rings (SSSR count). The topological polar surface area (TPSA) is 46.2 Å². The highest BCUT2D eigenvalue weighted by Gasteiger charge is 2.21. The van der Waals surface area contributed by atoms with E-state index < -0.39 is 5.60 Å². The van der Waals surface area contributed by atoms with Gasteiger partial charge in [-0.25, -0.2) is 0 Å². The average Bonchev–Trinajstić information content (AvgIpc) is 2.00. The first kappa shape index (κ1) is 12.3. The number of hydrogen-bond donors (Lipinski definition) is 2. The van der Waals surface area contributed by atoms with Gasteiger partial charge in [0.25, 0.3) is 0 Å². The largest absolute Gasteiger partial charge is 0.389 e. The van der Waals surface area contributed by atoms with Crippen LogP contribution in [-0.4, -0.2) is 28.3 Å². The van der Waals surface area contributed by atoms with Gasteiger partial charge in [0.05, 0.1) is 5.60 Å². The monoisotopic (exact) mass is 191 g/mol. The van der Waals surface area contributed by atoms with Crippen LogP contribution in [0.3, 0.4) is 0 Å². The Balaban J connectivity index is 3.60. The van der Waals surface area contributed by atoms with E-state index >= 15 is 0 Å². The molecule has 2 nitrogen and oxygen atoms in total. The summed E-state index contributed by atoms with van der Waals surface area (Å²) in [5.74, 6) is 1.17. The predicted octanol–water partition coefficient (Wildman–Crippen LogP) is 1.62. The summed E-state index contributed by atoms with van der Waals surface area (Å²) in [7, 11) is 0. The van der Waals surface area contributed by atoms with E-state index in [1.807, 2.05) is 11.8 Å². The highest BCUT2D eigenvalue weighted by atomic mass is 32.2. The van der Waals surface area contributed by atoms with Crippen molar-refractivity contribution in [3.63, 3.8) is 0 Å². The third kappa shape index (κ3) is 5.86. The fourth-order valence-electron chi connectivity index (χ4n) is 1.08. The Morgan fingerprint density at radius 2 is 2.17 bits per heavy atom. The third-order valence-electron chi connectivity index (χ3n) is 1.77. The summed E-state index contributed by atoms with van der Waals surface area (Å²) >= 11 is 1.90. The molecule has 0 aromatic heterocycles. The Kier molecular flexibility index (Phi) is 5.97. The molecule has 0 aliphatic rings. The zero-order chi connectivity index (χ0) is 9.61. The Hall–Kier alpha value is 0.270. The lowest BCUT2D eigenvalue weighted by molar-refractivity contribution is 0.0608. The lowest BCUT2D eigenvalue weighted by Gasteiger charge is -2.24. The van der Waals surface area contributed by atoms with E-state index in [0.717, 1.165) is 6.42 Å². The van der Waals surface area contributed by atoms with Crippen molar-refractivity contribution in [3.05, 3.63) is 0 Å². The third-order valence-corrected chi connectivity index (χ3v) is 3.15. The van der Waals surface area contributed by atoms with E-state index in [9.17, 15) is 5.11 Å². The van der Waals surface area contributed by atoms with Crippen molar-refractivity contribution in [2.24, 2.45) is 5.73 Å². The molecule has 0 bridgehead atoms. The molecule has 2 unspecified atom stereocenters. The lowest BCUT2D eigenvalue weighted by Crippen LogP contribution is -2.36. The Morgan fingerprint density at radius 1 is 1.58 bits per heavy atom. The molecule has 0 amide bonds. The van der Waals surface area contributed by atoms with Gasteiger partial charge in [-0.2, -0.15) is 11.8 Å². The Labute approximate surface area is 79.9 Å². The van der Waals surface area contributed by atoms with Crippen molar-refractivity contribution in [3.8, 4) is 0 Å². The highest BCUT2D eigenvalue weighted by Crippen LogP contribution is 2.21. The maximum absolute atomic E-state index is 9.65. The molecule has 0 spiro atoms. The quantitative estimate of drug-likeness (QED) is 0.670. The molecule has 3 N–H and O–H groups in total. The van der Waals surface area contributed by atoms with Gasteiger partial charge in [0.15, 0.2) is 0 Å². The summed E-state index contributed by atoms with van der Waals surface area (Å²) in [4.78, 5) is 0. The number of thioether (sulfide) groups is 1. The van der Waals surface area contributed by atoms with Crippen molar-refractivity contribution in [1.29, 1.82) is 0 Å². The number of hydrogen-bond acceptors (Lipinski definition) is 3. The van der Waals surface area contributed by atoms with Gasteiger partial charge in [-0.1, -0.05) is 13.8 Å². The van der Waals surface area contributed by atoms with E-state index in [-0.39, 0.29) is 0 Å². The highest BCUT2D eigenvalue weighted by molar-refractivity contribution is 7.99. The van der Waals surface area contributed by atoms with E-state index in [4.69, 9.17) is 5.73 Å². The normalized spacial score (nSPS) is 18.8. The smallest absolute Gasteiger partial charge is 0.0751 e. The first-order valence-electron chi connectivity index (χ1n) is 4.56. The summed E-state index contributed by atoms with van der Waals surface area (Å²) in [5, 5.41) is 10.2. The molecule has 0 saturated heterocycles. The van der Waals surface area contributed by atoms with Crippen LogP contribution in [0.5, 0.6) is 0 Å². The van der Waals surface area contributed by atoms with Crippen LogP contribution in [0.4, 0.5) is 0 Å². The molecule has 0 saturated carbocycles. The second kappa shape index (κ2) is 5.84. The van der Waals surface area contributed by atoms with E-state index in [0.29, 0.717) is 11.8 Å². The van der Waals surface area contributed by atoms with Gasteiger partial charge in [0.2, 0.25) is 0 Å². The van der Waals surface area contributed by atoms with Gasteiger partial charge in [-0.05, 0) is 25.5 Å². The summed E-state index contributed by atoms with van der Waals surface area (Å²) in [5.41, 5.74) is 4.74. The number of nitrogens with two attached hydrogens (primary N) is 1. The van der Waals surface area contributed by atoms with Crippen LogP contribution in [0.15, 0.2) is 0 Å². The summed E-state index contributed by atoms with van der Waals surface area (Å²) in [6, 6.07) is 0. The minimum Gasteiger partial charge on any atom is -0.389 e. The molecule has 0 aromatic carbocycles. The maximum Gasteiger partial charge on any atom is 0.0751 e. The van der Waals surface area contributed by atoms with Gasteiger partial charge in [-0.15, -0.1) is 0 Å². The number of aliphatic hydroxyl groups is 1. The standard InChI is InChI=1S/C9H21NOS/c1-4-5-12-8(2)6-9(3,11)7-10/h8,11H,4-7,10H2,1-3H3. The zero-order valence-electron chi connectivity index (χ0n) is 8.34. The summed E-state index contributed by atoms with van der Waals surface area (Å²) in [6.07, 6.45) is 1.98. The van der Waals surface area contributed by atoms with Gasteiger partial charge in [0, 0.05) is 11.8 Å². The van der Waals surface area contributed by atoms with Crippen LogP contribution in [0.1, 0.15) is 33.6 Å². The molecule has 0 fully saturated rings. The first-order valence-corrected chi connectivity index (χ1v) is 5.60. The predicted molar refractivity (Wildman–Crippen MR) is 56.5 cm³/mol. The average molecular weight is 191 g/mol. The van der Waals surface area contributed by atoms with Crippen LogP contribution in [0.25, 0.3) is 0 Å². The van der Waals surface area contributed by atoms with Gasteiger partial charge >= 0.3 is 0 Å². The summed E-state index contributed by atoms with van der Waals surface area (Å²) in [6.45, 7) is 6.46. The fourth-order valence-corrected chi connectivity index (χ4v) is 2.20. The van der Waals surface area contributed by atoms with Gasteiger partial charge in [-0.3, -0.25) is 0 Å². The van der Waals surface area contributed by atoms with Crippen LogP contribution >= 0.6 is 11.8 Å². The minimum absolute atomic E-state index is 0.351.